The SMILES string of the molecule is CC(C)Oc1ccc(C(=O)NCCOc2ccccc2C(C)C)cc1. The highest BCUT2D eigenvalue weighted by Gasteiger charge is 2.08. The first-order valence-electron chi connectivity index (χ1n) is 8.74. The summed E-state index contributed by atoms with van der Waals surface area (Å²) in [5.74, 6) is 1.93. The lowest BCUT2D eigenvalue weighted by atomic mass is 10.0. The maximum Gasteiger partial charge on any atom is 0.251 e. The van der Waals surface area contributed by atoms with Crippen LogP contribution in [-0.2, 0) is 0 Å². The number of rotatable bonds is 8. The summed E-state index contributed by atoms with van der Waals surface area (Å²) in [6.45, 7) is 9.10. The van der Waals surface area contributed by atoms with Crippen LogP contribution in [0.1, 0.15) is 49.5 Å². The van der Waals surface area contributed by atoms with Crippen LogP contribution in [0.5, 0.6) is 11.5 Å². The van der Waals surface area contributed by atoms with Gasteiger partial charge in [0.2, 0.25) is 0 Å². The molecular formula is C21H27NO3. The quantitative estimate of drug-likeness (QED) is 0.724. The smallest absolute Gasteiger partial charge is 0.251 e. The van der Waals surface area contributed by atoms with Crippen LogP contribution in [0.2, 0.25) is 0 Å². The van der Waals surface area contributed by atoms with Crippen molar-refractivity contribution >= 4 is 5.91 Å². The topological polar surface area (TPSA) is 47.6 Å². The van der Waals surface area contributed by atoms with Crippen LogP contribution in [0.15, 0.2) is 48.5 Å². The van der Waals surface area contributed by atoms with Gasteiger partial charge in [-0.2, -0.15) is 0 Å². The van der Waals surface area contributed by atoms with Crippen molar-refractivity contribution in [1.29, 1.82) is 0 Å². The standard InChI is InChI=1S/C21H27NO3/c1-15(2)19-7-5-6-8-20(19)24-14-13-22-21(23)17-9-11-18(12-10-17)25-16(3)4/h5-12,15-16H,13-14H2,1-4H3,(H,22,23). The minimum atomic E-state index is -0.114. The Morgan fingerprint density at radius 2 is 1.68 bits per heavy atom. The molecule has 0 saturated carbocycles. The number of amides is 1. The van der Waals surface area contributed by atoms with Gasteiger partial charge >= 0.3 is 0 Å². The summed E-state index contributed by atoms with van der Waals surface area (Å²) in [7, 11) is 0. The molecule has 2 rings (SSSR count). The van der Waals surface area contributed by atoms with E-state index in [0.29, 0.717) is 24.6 Å². The Labute approximate surface area is 150 Å². The molecule has 2 aromatic rings. The van der Waals surface area contributed by atoms with Gasteiger partial charge in [-0.1, -0.05) is 32.0 Å². The number of nitrogens with one attached hydrogen (secondary N) is 1. The predicted molar refractivity (Wildman–Crippen MR) is 101 cm³/mol. The maximum absolute atomic E-state index is 12.2. The van der Waals surface area contributed by atoms with Crippen molar-refractivity contribution in [2.24, 2.45) is 0 Å². The summed E-state index contributed by atoms with van der Waals surface area (Å²) in [4.78, 5) is 12.2. The average Bonchev–Trinajstić information content (AvgIpc) is 2.59. The number of hydrogen-bond acceptors (Lipinski definition) is 3. The van der Waals surface area contributed by atoms with Crippen LogP contribution < -0.4 is 14.8 Å². The van der Waals surface area contributed by atoms with Gasteiger partial charge in [-0.25, -0.2) is 0 Å². The van der Waals surface area contributed by atoms with Crippen LogP contribution in [0.3, 0.4) is 0 Å². The van der Waals surface area contributed by atoms with Crippen molar-refractivity contribution in [3.63, 3.8) is 0 Å². The van der Waals surface area contributed by atoms with E-state index in [2.05, 4.69) is 25.2 Å². The van der Waals surface area contributed by atoms with Gasteiger partial charge in [0.15, 0.2) is 0 Å². The lowest BCUT2D eigenvalue weighted by Crippen LogP contribution is -2.28. The number of benzene rings is 2. The van der Waals surface area contributed by atoms with E-state index in [0.717, 1.165) is 11.5 Å². The first-order valence-corrected chi connectivity index (χ1v) is 8.74. The van der Waals surface area contributed by atoms with E-state index in [1.165, 1.54) is 5.56 Å². The summed E-state index contributed by atoms with van der Waals surface area (Å²) < 4.78 is 11.4. The molecule has 0 radical (unpaired) electrons. The highest BCUT2D eigenvalue weighted by atomic mass is 16.5. The van der Waals surface area contributed by atoms with Gasteiger partial charge in [-0.3, -0.25) is 4.79 Å². The highest BCUT2D eigenvalue weighted by molar-refractivity contribution is 5.94. The molecule has 25 heavy (non-hydrogen) atoms. The molecule has 0 spiro atoms. The van der Waals surface area contributed by atoms with Crippen molar-refractivity contribution in [1.82, 2.24) is 5.32 Å². The summed E-state index contributed by atoms with van der Waals surface area (Å²) >= 11 is 0. The third kappa shape index (κ3) is 5.82. The van der Waals surface area contributed by atoms with Gasteiger partial charge in [0.1, 0.15) is 18.1 Å². The van der Waals surface area contributed by atoms with Crippen LogP contribution in [0, 0.1) is 0 Å². The molecule has 1 amide bonds. The fraction of sp³-hybridized carbons (Fsp3) is 0.381. The molecule has 0 bridgehead atoms. The zero-order valence-electron chi connectivity index (χ0n) is 15.4. The Balaban J connectivity index is 1.81. The fourth-order valence-electron chi connectivity index (χ4n) is 2.47. The second-order valence-corrected chi connectivity index (χ2v) is 6.49. The first-order chi connectivity index (χ1) is 12.0. The number of para-hydroxylation sites is 1. The van der Waals surface area contributed by atoms with E-state index in [1.54, 1.807) is 12.1 Å². The van der Waals surface area contributed by atoms with E-state index in [1.807, 2.05) is 44.2 Å². The fourth-order valence-corrected chi connectivity index (χ4v) is 2.47. The Hall–Kier alpha value is -2.49. The molecule has 0 atom stereocenters. The minimum absolute atomic E-state index is 0.114. The van der Waals surface area contributed by atoms with Gasteiger partial charge in [-0.05, 0) is 55.7 Å². The maximum atomic E-state index is 12.2. The molecule has 2 aromatic carbocycles. The molecule has 0 aliphatic rings. The van der Waals surface area contributed by atoms with E-state index in [-0.39, 0.29) is 12.0 Å². The monoisotopic (exact) mass is 341 g/mol. The van der Waals surface area contributed by atoms with Crippen molar-refractivity contribution < 1.29 is 14.3 Å². The second-order valence-electron chi connectivity index (χ2n) is 6.49. The second kappa shape index (κ2) is 9.11. The van der Waals surface area contributed by atoms with Gasteiger partial charge in [-0.15, -0.1) is 0 Å². The normalized spacial score (nSPS) is 10.8. The van der Waals surface area contributed by atoms with E-state index >= 15 is 0 Å². The zero-order valence-corrected chi connectivity index (χ0v) is 15.4. The van der Waals surface area contributed by atoms with E-state index in [4.69, 9.17) is 9.47 Å². The molecule has 0 aliphatic heterocycles. The van der Waals surface area contributed by atoms with Crippen LogP contribution in [0.4, 0.5) is 0 Å². The third-order valence-electron chi connectivity index (χ3n) is 3.67. The molecule has 0 unspecified atom stereocenters. The van der Waals surface area contributed by atoms with E-state index in [9.17, 15) is 4.79 Å². The Morgan fingerprint density at radius 3 is 2.32 bits per heavy atom. The molecule has 4 heteroatoms. The number of ether oxygens (including phenoxy) is 2. The van der Waals surface area contributed by atoms with Gasteiger partial charge < -0.3 is 14.8 Å². The number of carbonyl (C=O) groups excluding carboxylic acids is 1. The molecule has 0 saturated heterocycles. The summed E-state index contributed by atoms with van der Waals surface area (Å²) in [5.41, 5.74) is 1.79. The first kappa shape index (κ1) is 18.8. The number of hydrogen-bond donors (Lipinski definition) is 1. The van der Waals surface area contributed by atoms with Crippen molar-refractivity contribution in [2.45, 2.75) is 39.7 Å². The predicted octanol–water partition coefficient (Wildman–Crippen LogP) is 4.41. The Bertz CT molecular complexity index is 678. The number of carbonyl (C=O) groups is 1. The lowest BCUT2D eigenvalue weighted by molar-refractivity contribution is 0.0947. The molecular weight excluding hydrogens is 314 g/mol. The van der Waals surface area contributed by atoms with Crippen molar-refractivity contribution in [3.05, 3.63) is 59.7 Å². The van der Waals surface area contributed by atoms with Crippen LogP contribution >= 0.6 is 0 Å². The molecule has 1 N–H and O–H groups in total. The molecule has 0 aromatic heterocycles. The third-order valence-corrected chi connectivity index (χ3v) is 3.67. The van der Waals surface area contributed by atoms with Gasteiger partial charge in [0.05, 0.1) is 12.6 Å². The summed E-state index contributed by atoms with van der Waals surface area (Å²) in [6.07, 6.45) is 0.116. The summed E-state index contributed by atoms with van der Waals surface area (Å²) in [6, 6.07) is 15.2. The van der Waals surface area contributed by atoms with Crippen molar-refractivity contribution in [2.75, 3.05) is 13.2 Å². The Kier molecular flexibility index (Phi) is 6.87. The molecule has 134 valence electrons. The molecule has 0 fully saturated rings. The highest BCUT2D eigenvalue weighted by Crippen LogP contribution is 2.25. The molecule has 0 aliphatic carbocycles. The van der Waals surface area contributed by atoms with Crippen LogP contribution in [-0.4, -0.2) is 25.2 Å². The largest absolute Gasteiger partial charge is 0.491 e. The Morgan fingerprint density at radius 1 is 1.00 bits per heavy atom. The van der Waals surface area contributed by atoms with Gasteiger partial charge in [0.25, 0.3) is 5.91 Å². The molecule has 4 nitrogen and oxygen atoms in total. The molecule has 0 heterocycles. The van der Waals surface area contributed by atoms with Gasteiger partial charge in [0, 0.05) is 5.56 Å². The summed E-state index contributed by atoms with van der Waals surface area (Å²) in [5, 5.41) is 2.87. The lowest BCUT2D eigenvalue weighted by Gasteiger charge is -2.14. The minimum Gasteiger partial charge on any atom is -0.491 e. The van der Waals surface area contributed by atoms with Crippen LogP contribution in [0.25, 0.3) is 0 Å². The van der Waals surface area contributed by atoms with Crippen molar-refractivity contribution in [3.8, 4) is 11.5 Å². The van der Waals surface area contributed by atoms with E-state index < -0.39 is 0 Å². The average molecular weight is 341 g/mol. The zero-order chi connectivity index (χ0) is 18.2.